The number of nitrogen functional groups attached to an aromatic ring is 1. The van der Waals surface area contributed by atoms with Gasteiger partial charge in [0.25, 0.3) is 6.01 Å². The number of rotatable bonds is 4. The minimum absolute atomic E-state index is 0.183. The van der Waals surface area contributed by atoms with E-state index in [-0.39, 0.29) is 6.01 Å². The number of nitrogens with zero attached hydrogens (tertiary/aromatic N) is 3. The summed E-state index contributed by atoms with van der Waals surface area (Å²) in [7, 11) is 0. The van der Waals surface area contributed by atoms with Crippen molar-refractivity contribution in [3.63, 3.8) is 0 Å². The van der Waals surface area contributed by atoms with Crippen molar-refractivity contribution in [2.45, 2.75) is 6.42 Å². The second kappa shape index (κ2) is 6.14. The van der Waals surface area contributed by atoms with E-state index < -0.39 is 0 Å². The first kappa shape index (κ1) is 15.5. The molecule has 4 rings (SSSR count). The number of benzene rings is 1. The molecule has 124 valence electrons. The fraction of sp³-hybridized carbons (Fsp3) is 0.105. The molecular weight excluding hydrogens is 332 g/mol. The van der Waals surface area contributed by atoms with Crippen molar-refractivity contribution >= 4 is 40.7 Å². The van der Waals surface area contributed by atoms with Gasteiger partial charge in [-0.1, -0.05) is 6.58 Å². The Morgan fingerprint density at radius 2 is 2.24 bits per heavy atom. The maximum Gasteiger partial charge on any atom is 0.292 e. The second-order valence-corrected chi connectivity index (χ2v) is 6.75. The lowest BCUT2D eigenvalue weighted by Crippen LogP contribution is -2.26. The predicted molar refractivity (Wildman–Crippen MR) is 103 cm³/mol. The third-order valence-corrected chi connectivity index (χ3v) is 5.32. The predicted octanol–water partition coefficient (Wildman–Crippen LogP) is 3.08. The summed E-state index contributed by atoms with van der Waals surface area (Å²) in [6, 6.07) is 8.20. The monoisotopic (exact) mass is 348 g/mol. The maximum absolute atomic E-state index is 5.63. The molecule has 0 aliphatic carbocycles. The highest BCUT2D eigenvalue weighted by atomic mass is 32.1. The summed E-state index contributed by atoms with van der Waals surface area (Å²) < 4.78 is 6.51. The second-order valence-electron chi connectivity index (χ2n) is 5.69. The van der Waals surface area contributed by atoms with Gasteiger partial charge in [0, 0.05) is 17.6 Å². The molecule has 0 radical (unpaired) electrons. The van der Waals surface area contributed by atoms with E-state index >= 15 is 0 Å². The van der Waals surface area contributed by atoms with Crippen molar-refractivity contribution in [2.24, 2.45) is 9.98 Å². The standard InChI is InChI=1S/C19H16N4OS/c1-11(5-7-21-2)13-6-8-22-15-10-17(25-18(13)15)12-3-4-16-14(9-12)23-19(20)24-16/h3-5,7,9-10H,1-2,6,8H2,(H2,20,23). The number of aromatic nitrogens is 1. The Bertz CT molecular complexity index is 1150. The average molecular weight is 348 g/mol. The summed E-state index contributed by atoms with van der Waals surface area (Å²) in [5.41, 5.74) is 10.3. The zero-order valence-electron chi connectivity index (χ0n) is 13.5. The Kier molecular flexibility index (Phi) is 3.82. The number of allylic oxidation sites excluding steroid dienone is 2. The third-order valence-electron chi connectivity index (χ3n) is 4.09. The molecule has 3 aromatic rings. The first-order valence-corrected chi connectivity index (χ1v) is 8.63. The molecule has 0 saturated carbocycles. The molecule has 25 heavy (non-hydrogen) atoms. The molecule has 3 heterocycles. The Labute approximate surface area is 148 Å². The van der Waals surface area contributed by atoms with Crippen molar-refractivity contribution < 1.29 is 4.42 Å². The molecule has 2 aromatic heterocycles. The highest BCUT2D eigenvalue weighted by Gasteiger charge is 2.13. The molecular formula is C19H16N4OS. The Balaban J connectivity index is 1.85. The minimum atomic E-state index is 0.183. The lowest BCUT2D eigenvalue weighted by molar-refractivity contribution is 0.626. The molecule has 0 saturated heterocycles. The quantitative estimate of drug-likeness (QED) is 0.581. The lowest BCUT2D eigenvalue weighted by Gasteiger charge is -2.07. The van der Waals surface area contributed by atoms with Gasteiger partial charge in [0.15, 0.2) is 5.58 Å². The Morgan fingerprint density at radius 1 is 1.36 bits per heavy atom. The van der Waals surface area contributed by atoms with Crippen molar-refractivity contribution in [3.05, 3.63) is 58.6 Å². The molecule has 5 nitrogen and oxygen atoms in total. The molecule has 0 spiro atoms. The molecule has 6 heteroatoms. The number of fused-ring (bicyclic) bond motifs is 2. The Morgan fingerprint density at radius 3 is 3.08 bits per heavy atom. The first-order valence-electron chi connectivity index (χ1n) is 7.81. The third kappa shape index (κ3) is 2.81. The lowest BCUT2D eigenvalue weighted by atomic mass is 10.0. The van der Waals surface area contributed by atoms with Gasteiger partial charge in [-0.2, -0.15) is 4.98 Å². The van der Waals surface area contributed by atoms with Crippen LogP contribution >= 0.6 is 11.3 Å². The molecule has 1 aliphatic rings. The summed E-state index contributed by atoms with van der Waals surface area (Å²) >= 11 is 1.71. The van der Waals surface area contributed by atoms with Gasteiger partial charge in [0.1, 0.15) is 5.52 Å². The van der Waals surface area contributed by atoms with Crippen LogP contribution in [0.25, 0.3) is 27.1 Å². The topological polar surface area (TPSA) is 76.8 Å². The van der Waals surface area contributed by atoms with E-state index in [4.69, 9.17) is 10.2 Å². The SMILES string of the molecule is C=NC=CC(=C)C1=c2sc(-c3ccc4oc(N)nc4c3)cc2=NCC1. The van der Waals surface area contributed by atoms with E-state index in [0.717, 1.165) is 39.9 Å². The molecule has 0 amide bonds. The molecule has 1 aliphatic heterocycles. The first-order chi connectivity index (χ1) is 12.2. The highest BCUT2D eigenvalue weighted by Crippen LogP contribution is 2.27. The number of thiophene rings is 1. The smallest absolute Gasteiger partial charge is 0.292 e. The number of oxazole rings is 1. The minimum Gasteiger partial charge on any atom is -0.424 e. The van der Waals surface area contributed by atoms with Crippen LogP contribution in [0.5, 0.6) is 0 Å². The number of aliphatic imine (C=N–C) groups is 1. The van der Waals surface area contributed by atoms with Crippen LogP contribution in [-0.4, -0.2) is 18.2 Å². The van der Waals surface area contributed by atoms with Crippen LogP contribution < -0.4 is 15.6 Å². The van der Waals surface area contributed by atoms with Gasteiger partial charge in [-0.05, 0) is 60.2 Å². The maximum atomic E-state index is 5.63. The van der Waals surface area contributed by atoms with E-state index in [9.17, 15) is 0 Å². The van der Waals surface area contributed by atoms with Crippen molar-refractivity contribution in [1.82, 2.24) is 4.98 Å². The fourth-order valence-corrected chi connectivity index (χ4v) is 4.13. The van der Waals surface area contributed by atoms with Crippen LogP contribution in [0.2, 0.25) is 0 Å². The van der Waals surface area contributed by atoms with E-state index in [1.165, 1.54) is 10.1 Å². The summed E-state index contributed by atoms with van der Waals surface area (Å²) in [5, 5.41) is 1.02. The van der Waals surface area contributed by atoms with Gasteiger partial charge < -0.3 is 10.2 Å². The summed E-state index contributed by atoms with van der Waals surface area (Å²) in [6.45, 7) is 8.39. The van der Waals surface area contributed by atoms with E-state index in [0.29, 0.717) is 5.58 Å². The summed E-state index contributed by atoms with van der Waals surface area (Å²) in [5.74, 6) is 0. The van der Waals surface area contributed by atoms with E-state index in [2.05, 4.69) is 34.3 Å². The van der Waals surface area contributed by atoms with Crippen LogP contribution in [0.1, 0.15) is 6.42 Å². The van der Waals surface area contributed by atoms with Crippen molar-refractivity contribution in [3.8, 4) is 10.4 Å². The van der Waals surface area contributed by atoms with Gasteiger partial charge in [-0.3, -0.25) is 9.98 Å². The van der Waals surface area contributed by atoms with E-state index in [1.807, 2.05) is 24.3 Å². The van der Waals surface area contributed by atoms with E-state index in [1.54, 1.807) is 17.5 Å². The van der Waals surface area contributed by atoms with Gasteiger partial charge >= 0.3 is 0 Å². The number of hydrogen-bond donors (Lipinski definition) is 1. The Hall–Kier alpha value is -2.99. The molecule has 2 N–H and O–H groups in total. The summed E-state index contributed by atoms with van der Waals surface area (Å²) in [4.78, 5) is 13.8. The number of nitrogens with two attached hydrogens (primary N) is 1. The zero-order valence-corrected chi connectivity index (χ0v) is 14.3. The molecule has 0 fully saturated rings. The van der Waals surface area contributed by atoms with Crippen LogP contribution in [0, 0.1) is 0 Å². The summed E-state index contributed by atoms with van der Waals surface area (Å²) in [6.07, 6.45) is 4.44. The largest absolute Gasteiger partial charge is 0.424 e. The van der Waals surface area contributed by atoms with Gasteiger partial charge in [0.2, 0.25) is 0 Å². The van der Waals surface area contributed by atoms with Crippen LogP contribution in [0.15, 0.2) is 63.1 Å². The van der Waals surface area contributed by atoms with Crippen LogP contribution in [0.3, 0.4) is 0 Å². The number of anilines is 1. The molecule has 0 unspecified atom stereocenters. The number of hydrogen-bond acceptors (Lipinski definition) is 6. The molecule has 0 bridgehead atoms. The van der Waals surface area contributed by atoms with Gasteiger partial charge in [-0.25, -0.2) is 0 Å². The fourth-order valence-electron chi connectivity index (χ4n) is 2.91. The molecule has 0 atom stereocenters. The van der Waals surface area contributed by atoms with Crippen molar-refractivity contribution in [2.75, 3.05) is 12.3 Å². The van der Waals surface area contributed by atoms with Gasteiger partial charge in [0.05, 0.1) is 9.89 Å². The molecule has 1 aromatic carbocycles. The van der Waals surface area contributed by atoms with Crippen LogP contribution in [0.4, 0.5) is 6.01 Å². The van der Waals surface area contributed by atoms with Crippen LogP contribution in [-0.2, 0) is 0 Å². The van der Waals surface area contributed by atoms with Gasteiger partial charge in [-0.15, -0.1) is 11.3 Å². The zero-order chi connectivity index (χ0) is 17.4. The average Bonchev–Trinajstić information content (AvgIpc) is 3.20. The highest BCUT2D eigenvalue weighted by molar-refractivity contribution is 7.13. The normalized spacial score (nSPS) is 13.8. The van der Waals surface area contributed by atoms with Crippen molar-refractivity contribution in [1.29, 1.82) is 0 Å².